The first-order valence-electron chi connectivity index (χ1n) is 11.1. The van der Waals surface area contributed by atoms with E-state index in [0.29, 0.717) is 23.1 Å². The van der Waals surface area contributed by atoms with E-state index in [2.05, 4.69) is 20.2 Å². The van der Waals surface area contributed by atoms with Crippen LogP contribution in [-0.2, 0) is 6.42 Å². The molecule has 5 rings (SSSR count). The second kappa shape index (κ2) is 8.94. The fourth-order valence-electron chi connectivity index (χ4n) is 4.26. The van der Waals surface area contributed by atoms with Crippen LogP contribution in [0.25, 0.3) is 32.9 Å². The van der Waals surface area contributed by atoms with Crippen LogP contribution in [-0.4, -0.2) is 45.0 Å². The number of hydrogen-bond donors (Lipinski definition) is 3. The molecule has 0 aliphatic carbocycles. The van der Waals surface area contributed by atoms with Gasteiger partial charge in [-0.05, 0) is 48.4 Å². The molecule has 2 heterocycles. The van der Waals surface area contributed by atoms with Crippen molar-refractivity contribution in [3.05, 3.63) is 82.3 Å². The second-order valence-electron chi connectivity index (χ2n) is 8.08. The van der Waals surface area contributed by atoms with Gasteiger partial charge in [0, 0.05) is 23.9 Å². The van der Waals surface area contributed by atoms with Crippen molar-refractivity contribution in [3.63, 3.8) is 0 Å². The van der Waals surface area contributed by atoms with E-state index in [0.717, 1.165) is 38.2 Å². The van der Waals surface area contributed by atoms with E-state index < -0.39 is 6.09 Å². The summed E-state index contributed by atoms with van der Waals surface area (Å²) in [5.41, 5.74) is 4.72. The molecule has 9 heteroatoms. The van der Waals surface area contributed by atoms with Crippen LogP contribution in [0.2, 0.25) is 0 Å². The number of aromatic nitrogens is 4. The SMILES string of the molecule is CCN(C(=O)O)c1nc2ccc(-c3cc(Cc4n[nH]c(=O)c5ccccc45)ccc3OC)cc2[nH]1. The molecule has 0 atom stereocenters. The van der Waals surface area contributed by atoms with Gasteiger partial charge >= 0.3 is 6.09 Å². The van der Waals surface area contributed by atoms with Crippen molar-refractivity contribution in [1.29, 1.82) is 0 Å². The molecule has 0 saturated carbocycles. The predicted molar refractivity (Wildman–Crippen MR) is 134 cm³/mol. The molecule has 35 heavy (non-hydrogen) atoms. The number of methoxy groups -OCH3 is 1. The monoisotopic (exact) mass is 469 g/mol. The Morgan fingerprint density at radius 1 is 1.09 bits per heavy atom. The van der Waals surface area contributed by atoms with Gasteiger partial charge in [0.05, 0.1) is 29.2 Å². The molecule has 0 unspecified atom stereocenters. The molecule has 3 aromatic carbocycles. The van der Waals surface area contributed by atoms with Crippen LogP contribution in [0.1, 0.15) is 18.2 Å². The number of nitrogens with zero attached hydrogens (tertiary/aromatic N) is 3. The molecule has 0 aliphatic heterocycles. The van der Waals surface area contributed by atoms with E-state index in [-0.39, 0.29) is 18.1 Å². The van der Waals surface area contributed by atoms with Crippen LogP contribution in [0.3, 0.4) is 0 Å². The summed E-state index contributed by atoms with van der Waals surface area (Å²) in [7, 11) is 1.62. The van der Waals surface area contributed by atoms with E-state index in [1.54, 1.807) is 20.1 Å². The quantitative estimate of drug-likeness (QED) is 0.335. The van der Waals surface area contributed by atoms with Crippen molar-refractivity contribution in [2.75, 3.05) is 18.6 Å². The first kappa shape index (κ1) is 22.1. The van der Waals surface area contributed by atoms with Crippen molar-refractivity contribution in [3.8, 4) is 16.9 Å². The summed E-state index contributed by atoms with van der Waals surface area (Å²) in [6.07, 6.45) is -0.543. The normalized spacial score (nSPS) is 11.1. The lowest BCUT2D eigenvalue weighted by Crippen LogP contribution is -2.29. The summed E-state index contributed by atoms with van der Waals surface area (Å²) in [5, 5.41) is 17.7. The maximum Gasteiger partial charge on any atom is 0.414 e. The van der Waals surface area contributed by atoms with Crippen LogP contribution in [0.4, 0.5) is 10.7 Å². The highest BCUT2D eigenvalue weighted by molar-refractivity contribution is 5.89. The largest absolute Gasteiger partial charge is 0.496 e. The van der Waals surface area contributed by atoms with Gasteiger partial charge in [-0.3, -0.25) is 4.79 Å². The van der Waals surface area contributed by atoms with Crippen molar-refractivity contribution >= 4 is 33.8 Å². The number of aromatic amines is 2. The van der Waals surface area contributed by atoms with Gasteiger partial charge in [0.15, 0.2) is 0 Å². The zero-order valence-electron chi connectivity index (χ0n) is 19.2. The number of anilines is 1. The number of carboxylic acid groups (broad SMARTS) is 1. The lowest BCUT2D eigenvalue weighted by atomic mass is 9.98. The predicted octanol–water partition coefficient (Wildman–Crippen LogP) is 4.57. The first-order chi connectivity index (χ1) is 17.0. The van der Waals surface area contributed by atoms with Gasteiger partial charge in [0.2, 0.25) is 5.95 Å². The summed E-state index contributed by atoms with van der Waals surface area (Å²) in [6.45, 7) is 2.04. The Bertz CT molecular complexity index is 1620. The van der Waals surface area contributed by atoms with E-state index in [4.69, 9.17) is 4.74 Å². The Hall–Kier alpha value is -4.66. The van der Waals surface area contributed by atoms with Crippen molar-refractivity contribution in [2.45, 2.75) is 13.3 Å². The number of H-pyrrole nitrogens is 2. The van der Waals surface area contributed by atoms with Crippen LogP contribution in [0.5, 0.6) is 5.75 Å². The highest BCUT2D eigenvalue weighted by atomic mass is 16.5. The van der Waals surface area contributed by atoms with Crippen molar-refractivity contribution in [1.82, 2.24) is 20.2 Å². The highest BCUT2D eigenvalue weighted by Crippen LogP contribution is 2.34. The molecule has 1 amide bonds. The molecule has 9 nitrogen and oxygen atoms in total. The number of rotatable bonds is 6. The van der Waals surface area contributed by atoms with Gasteiger partial charge < -0.3 is 14.8 Å². The molecule has 0 aliphatic rings. The second-order valence-corrected chi connectivity index (χ2v) is 8.08. The Morgan fingerprint density at radius 2 is 1.89 bits per heavy atom. The molecule has 2 aromatic heterocycles. The third-order valence-electron chi connectivity index (χ3n) is 5.99. The number of fused-ring (bicyclic) bond motifs is 2. The van der Waals surface area contributed by atoms with Gasteiger partial charge in [-0.25, -0.2) is 19.8 Å². The number of amides is 1. The first-order valence-corrected chi connectivity index (χ1v) is 11.1. The zero-order chi connectivity index (χ0) is 24.5. The number of carbonyl (C=O) groups is 1. The van der Waals surface area contributed by atoms with Gasteiger partial charge in [0.25, 0.3) is 5.56 Å². The van der Waals surface area contributed by atoms with Crippen LogP contribution in [0.15, 0.2) is 65.5 Å². The van der Waals surface area contributed by atoms with Gasteiger partial charge in [-0.15, -0.1) is 0 Å². The average molecular weight is 470 g/mol. The Balaban J connectivity index is 1.55. The summed E-state index contributed by atoms with van der Waals surface area (Å²) >= 11 is 0. The van der Waals surface area contributed by atoms with Gasteiger partial charge in [-0.2, -0.15) is 5.10 Å². The molecular formula is C26H23N5O4. The number of hydrogen-bond acceptors (Lipinski definition) is 5. The minimum absolute atomic E-state index is 0.212. The average Bonchev–Trinajstić information content (AvgIpc) is 3.29. The lowest BCUT2D eigenvalue weighted by Gasteiger charge is -2.12. The lowest BCUT2D eigenvalue weighted by molar-refractivity contribution is 0.202. The highest BCUT2D eigenvalue weighted by Gasteiger charge is 2.17. The number of imidazole rings is 1. The molecule has 0 fully saturated rings. The molecule has 5 aromatic rings. The topological polar surface area (TPSA) is 124 Å². The molecule has 0 bridgehead atoms. The smallest absolute Gasteiger partial charge is 0.414 e. The Morgan fingerprint density at radius 3 is 2.63 bits per heavy atom. The van der Waals surface area contributed by atoms with E-state index >= 15 is 0 Å². The third-order valence-corrected chi connectivity index (χ3v) is 5.99. The minimum atomic E-state index is -1.07. The molecule has 3 N–H and O–H groups in total. The Labute approximate surface area is 200 Å². The number of ether oxygens (including phenoxy) is 1. The number of benzene rings is 3. The molecular weight excluding hydrogens is 446 g/mol. The van der Waals surface area contributed by atoms with Gasteiger partial charge in [-0.1, -0.05) is 30.3 Å². The zero-order valence-corrected chi connectivity index (χ0v) is 19.2. The number of nitrogens with one attached hydrogen (secondary N) is 2. The van der Waals surface area contributed by atoms with Crippen molar-refractivity contribution < 1.29 is 14.6 Å². The summed E-state index contributed by atoms with van der Waals surface area (Å²) in [6, 6.07) is 19.0. The summed E-state index contributed by atoms with van der Waals surface area (Å²) in [4.78, 5) is 32.3. The fraction of sp³-hybridized carbons (Fsp3) is 0.154. The van der Waals surface area contributed by atoms with Crippen LogP contribution < -0.4 is 15.2 Å². The molecule has 0 saturated heterocycles. The van der Waals surface area contributed by atoms with Crippen molar-refractivity contribution in [2.24, 2.45) is 0 Å². The standard InChI is InChI=1S/C26H23N5O4/c1-3-31(26(33)34)25-27-20-10-9-16(14-22(20)28-25)19-12-15(8-11-23(19)35-2)13-21-17-6-4-5-7-18(17)24(32)30-29-21/h4-12,14H,3,13H2,1-2H3,(H,27,28)(H,30,32)(H,33,34). The van der Waals surface area contributed by atoms with Crippen LogP contribution >= 0.6 is 0 Å². The van der Waals surface area contributed by atoms with Crippen LogP contribution in [0, 0.1) is 0 Å². The molecule has 0 spiro atoms. The summed E-state index contributed by atoms with van der Waals surface area (Å²) < 4.78 is 5.62. The third kappa shape index (κ3) is 4.08. The molecule has 0 radical (unpaired) electrons. The summed E-state index contributed by atoms with van der Waals surface area (Å²) in [5.74, 6) is 0.983. The van der Waals surface area contributed by atoms with Gasteiger partial charge in [0.1, 0.15) is 5.75 Å². The van der Waals surface area contributed by atoms with E-state index in [1.807, 2.05) is 54.6 Å². The fourth-order valence-corrected chi connectivity index (χ4v) is 4.26. The maximum absolute atomic E-state index is 12.1. The minimum Gasteiger partial charge on any atom is -0.496 e. The Kier molecular flexibility index (Phi) is 5.66. The van der Waals surface area contributed by atoms with E-state index in [1.165, 1.54) is 0 Å². The van der Waals surface area contributed by atoms with E-state index in [9.17, 15) is 14.7 Å². The maximum atomic E-state index is 12.1. The molecule has 176 valence electrons.